The topological polar surface area (TPSA) is 69.7 Å². The van der Waals surface area contributed by atoms with Crippen LogP contribution in [-0.4, -0.2) is 20.3 Å². The van der Waals surface area contributed by atoms with Crippen LogP contribution in [0.5, 0.6) is 23.0 Å². The molecule has 0 unspecified atom stereocenters. The molecule has 4 aliphatic heterocycles. The molecule has 0 N–H and O–H groups in total. The van der Waals surface area contributed by atoms with E-state index in [-0.39, 0.29) is 31.1 Å². The lowest BCUT2D eigenvalue weighted by Crippen LogP contribution is -2.60. The van der Waals surface area contributed by atoms with Crippen LogP contribution >= 0.6 is 0 Å². The van der Waals surface area contributed by atoms with Gasteiger partial charge in [-0.05, 0) is 115 Å². The number of rotatable bonds is 2. The summed E-state index contributed by atoms with van der Waals surface area (Å²) in [4.78, 5) is 4.83. The lowest BCUT2D eigenvalue weighted by molar-refractivity contribution is 0.173. The second-order valence-corrected chi connectivity index (χ2v) is 18.2. The monoisotopic (exact) mass is 756 g/mol. The molecule has 0 amide bonds. The summed E-state index contributed by atoms with van der Waals surface area (Å²) in [6.07, 6.45) is 0. The second-order valence-electron chi connectivity index (χ2n) is 18.2. The van der Waals surface area contributed by atoms with E-state index in [0.717, 1.165) is 118 Å². The zero-order chi connectivity index (χ0) is 39.4. The van der Waals surface area contributed by atoms with Crippen molar-refractivity contribution in [3.63, 3.8) is 0 Å². The van der Waals surface area contributed by atoms with Crippen molar-refractivity contribution in [2.45, 2.75) is 80.1 Å². The maximum atomic E-state index is 7.20. The minimum Gasteiger partial charge on any atom is -0.468 e. The molecular formula is C48H45BN2O6. The highest BCUT2D eigenvalue weighted by molar-refractivity contribution is 6.99. The first-order chi connectivity index (χ1) is 27.2. The highest BCUT2D eigenvalue weighted by atomic mass is 16.7. The van der Waals surface area contributed by atoms with Crippen LogP contribution in [0, 0.1) is 27.7 Å². The van der Waals surface area contributed by atoms with E-state index in [1.807, 2.05) is 0 Å². The summed E-state index contributed by atoms with van der Waals surface area (Å²) in [7, 11) is 0. The van der Waals surface area contributed by atoms with E-state index in [0.29, 0.717) is 0 Å². The lowest BCUT2D eigenvalue weighted by atomic mass is 9.37. The van der Waals surface area contributed by atoms with Gasteiger partial charge in [-0.25, -0.2) is 0 Å². The standard InChI is InChI=1S/C48H45BN2O6/c1-24-18-36-43(54-22-52-36)26(3)39(24)50-32-12-11-13-33-38(32)49(45-41(50)30-20-28(47(5,6)7)14-16-34(30)56-45)46-42(31-21-29(48(8,9)10)15-17-35(31)57-46)51(33)40-25(2)19-37-44(27(40)4)55-23-53-37/h11-21H,22-23H2,1-10H3. The Balaban J connectivity index is 1.29. The SMILES string of the molecule is Cc1cc2c(c(C)c1N1c3cccc4c3B(c3oc5ccc(C(C)(C)C)cc5c31)c1oc3ccc(C(C)(C)C)cc3c1N4c1c(C)cc3c(c1C)OCO3)OCO2. The maximum Gasteiger partial charge on any atom is 0.342 e. The van der Waals surface area contributed by atoms with Crippen LogP contribution in [0.2, 0.25) is 0 Å². The van der Waals surface area contributed by atoms with Gasteiger partial charge < -0.3 is 37.6 Å². The number of fused-ring (bicyclic) bond motifs is 10. The van der Waals surface area contributed by atoms with Crippen molar-refractivity contribution in [2.75, 3.05) is 23.4 Å². The third-order valence-corrected chi connectivity index (χ3v) is 12.5. The fraction of sp³-hybridized carbons (Fsp3) is 0.292. The van der Waals surface area contributed by atoms with Crippen LogP contribution in [0.25, 0.3) is 21.9 Å². The molecule has 7 aromatic rings. The first-order valence-electron chi connectivity index (χ1n) is 19.9. The number of hydrogen-bond donors (Lipinski definition) is 0. The first-order valence-corrected chi connectivity index (χ1v) is 19.9. The van der Waals surface area contributed by atoms with Crippen molar-refractivity contribution in [3.8, 4) is 23.0 Å². The molecule has 6 heterocycles. The Morgan fingerprint density at radius 1 is 0.526 bits per heavy atom. The Hall–Kier alpha value is -5.96. The van der Waals surface area contributed by atoms with Crippen molar-refractivity contribution in [1.82, 2.24) is 0 Å². The van der Waals surface area contributed by atoms with E-state index in [9.17, 15) is 0 Å². The highest BCUT2D eigenvalue weighted by Gasteiger charge is 2.51. The van der Waals surface area contributed by atoms with Gasteiger partial charge in [-0.1, -0.05) is 59.7 Å². The van der Waals surface area contributed by atoms with E-state index in [1.165, 1.54) is 11.1 Å². The molecule has 0 spiro atoms. The molecule has 0 aliphatic carbocycles. The summed E-state index contributed by atoms with van der Waals surface area (Å²) in [5.74, 6) is 3.09. The van der Waals surface area contributed by atoms with Gasteiger partial charge in [0.1, 0.15) is 22.5 Å². The van der Waals surface area contributed by atoms with E-state index < -0.39 is 0 Å². The van der Waals surface area contributed by atoms with E-state index >= 15 is 0 Å². The third-order valence-electron chi connectivity index (χ3n) is 12.5. The normalized spacial score (nSPS) is 15.2. The minimum atomic E-state index is -0.339. The molecule has 57 heavy (non-hydrogen) atoms. The molecule has 2 aromatic heterocycles. The predicted octanol–water partition coefficient (Wildman–Crippen LogP) is 10.5. The fourth-order valence-corrected chi connectivity index (χ4v) is 9.71. The predicted molar refractivity (Wildman–Crippen MR) is 229 cm³/mol. The van der Waals surface area contributed by atoms with E-state index in [1.54, 1.807) is 0 Å². The van der Waals surface area contributed by atoms with Crippen molar-refractivity contribution in [2.24, 2.45) is 0 Å². The van der Waals surface area contributed by atoms with Crippen LogP contribution in [0.3, 0.4) is 0 Å². The van der Waals surface area contributed by atoms with Gasteiger partial charge in [0.2, 0.25) is 13.6 Å². The number of anilines is 6. The molecule has 0 atom stereocenters. The molecule has 5 aromatic carbocycles. The largest absolute Gasteiger partial charge is 0.468 e. The molecule has 0 saturated carbocycles. The van der Waals surface area contributed by atoms with Gasteiger partial charge in [-0.15, -0.1) is 0 Å². The van der Waals surface area contributed by atoms with Crippen molar-refractivity contribution in [3.05, 3.63) is 100 Å². The number of benzene rings is 5. The molecule has 8 nitrogen and oxygen atoms in total. The molecular weight excluding hydrogens is 711 g/mol. The van der Waals surface area contributed by atoms with Crippen LogP contribution in [-0.2, 0) is 10.8 Å². The van der Waals surface area contributed by atoms with Crippen LogP contribution in [0.4, 0.5) is 34.1 Å². The van der Waals surface area contributed by atoms with Crippen LogP contribution < -0.4 is 45.5 Å². The molecule has 0 bridgehead atoms. The number of hydrogen-bond acceptors (Lipinski definition) is 8. The van der Waals surface area contributed by atoms with Crippen LogP contribution in [0.15, 0.2) is 75.6 Å². The molecule has 4 aliphatic rings. The molecule has 0 radical (unpaired) electrons. The molecule has 9 heteroatoms. The summed E-state index contributed by atoms with van der Waals surface area (Å²) < 4.78 is 38.5. The van der Waals surface area contributed by atoms with Crippen LogP contribution in [0.1, 0.15) is 74.9 Å². The smallest absolute Gasteiger partial charge is 0.342 e. The van der Waals surface area contributed by atoms with Crippen molar-refractivity contribution < 1.29 is 27.8 Å². The van der Waals surface area contributed by atoms with Crippen molar-refractivity contribution >= 4 is 79.6 Å². The zero-order valence-electron chi connectivity index (χ0n) is 34.2. The van der Waals surface area contributed by atoms with Gasteiger partial charge in [0.15, 0.2) is 23.0 Å². The third kappa shape index (κ3) is 4.62. The van der Waals surface area contributed by atoms with Gasteiger partial charge in [0.05, 0.1) is 22.7 Å². The maximum absolute atomic E-state index is 7.20. The molecule has 0 saturated heterocycles. The van der Waals surface area contributed by atoms with Gasteiger partial charge in [-0.2, -0.15) is 0 Å². The summed E-state index contributed by atoms with van der Waals surface area (Å²) in [6.45, 7) is 22.2. The summed E-state index contributed by atoms with van der Waals surface area (Å²) in [5.41, 5.74) is 17.2. The quantitative estimate of drug-likeness (QED) is 0.162. The number of ether oxygens (including phenoxy) is 4. The molecule has 286 valence electrons. The highest BCUT2D eigenvalue weighted by Crippen LogP contribution is 2.54. The van der Waals surface area contributed by atoms with E-state index in [4.69, 9.17) is 27.8 Å². The Morgan fingerprint density at radius 2 is 0.965 bits per heavy atom. The zero-order valence-corrected chi connectivity index (χ0v) is 34.2. The Morgan fingerprint density at radius 3 is 1.39 bits per heavy atom. The first kappa shape index (κ1) is 34.3. The number of nitrogens with zero attached hydrogens (tertiary/aromatic N) is 2. The van der Waals surface area contributed by atoms with Gasteiger partial charge in [0.25, 0.3) is 0 Å². The summed E-state index contributed by atoms with van der Waals surface area (Å²) >= 11 is 0. The van der Waals surface area contributed by atoms with Gasteiger partial charge in [0, 0.05) is 33.3 Å². The Labute approximate surface area is 332 Å². The average molecular weight is 757 g/mol. The summed E-state index contributed by atoms with van der Waals surface area (Å²) in [6, 6.07) is 24.2. The second kappa shape index (κ2) is 11.3. The lowest BCUT2D eigenvalue weighted by Gasteiger charge is -2.42. The Bertz CT molecular complexity index is 2710. The number of aryl methyl sites for hydroxylation is 2. The average Bonchev–Trinajstić information content (AvgIpc) is 3.97. The molecule has 0 fully saturated rings. The van der Waals surface area contributed by atoms with E-state index in [2.05, 4.69) is 146 Å². The van der Waals surface area contributed by atoms with Gasteiger partial charge in [-0.3, -0.25) is 0 Å². The molecule has 11 rings (SSSR count). The van der Waals surface area contributed by atoms with Crippen molar-refractivity contribution in [1.29, 1.82) is 0 Å². The number of furan rings is 2. The fourth-order valence-electron chi connectivity index (χ4n) is 9.71. The Kier molecular flexibility index (Phi) is 6.82. The summed E-state index contributed by atoms with van der Waals surface area (Å²) in [5, 5.41) is 2.12. The minimum absolute atomic E-state index is 0.0736. The van der Waals surface area contributed by atoms with Gasteiger partial charge >= 0.3 is 6.71 Å².